The molecule has 2 fully saturated rings. The summed E-state index contributed by atoms with van der Waals surface area (Å²) >= 11 is 0. The van der Waals surface area contributed by atoms with Gasteiger partial charge in [0.15, 0.2) is 14.1 Å². The van der Waals surface area contributed by atoms with E-state index in [1.807, 2.05) is 6.08 Å². The molecule has 2 aromatic rings. The van der Waals surface area contributed by atoms with Gasteiger partial charge in [0.25, 0.3) is 8.32 Å². The van der Waals surface area contributed by atoms with Crippen LogP contribution < -0.4 is 10.4 Å². The SMILES string of the molecule is CC(C)(C)[Si](C)(C)OC1CC(O[Si](c2ccccc2)(c2ccccc2)C(C)(C)C)CC(C(O)C=C2CCCCC2)C1=O. The highest BCUT2D eigenvalue weighted by atomic mass is 28.4. The lowest BCUT2D eigenvalue weighted by Crippen LogP contribution is -2.68. The maximum absolute atomic E-state index is 14.1. The van der Waals surface area contributed by atoms with E-state index in [2.05, 4.69) is 115 Å². The molecule has 6 heteroatoms. The van der Waals surface area contributed by atoms with E-state index in [0.717, 1.165) is 25.7 Å². The second-order valence-corrected chi connectivity index (χ2v) is 24.1. The summed E-state index contributed by atoms with van der Waals surface area (Å²) in [7, 11) is -5.10. The molecule has 2 aromatic carbocycles. The van der Waals surface area contributed by atoms with Crippen molar-refractivity contribution < 1.29 is 18.8 Å². The maximum atomic E-state index is 14.1. The number of ketones is 1. The molecule has 0 aliphatic heterocycles. The Hall–Kier alpha value is -1.84. The van der Waals surface area contributed by atoms with E-state index in [1.165, 1.54) is 22.4 Å². The van der Waals surface area contributed by atoms with Crippen LogP contribution in [-0.2, 0) is 13.6 Å². The molecule has 2 aliphatic rings. The quantitative estimate of drug-likeness (QED) is 0.249. The van der Waals surface area contributed by atoms with E-state index >= 15 is 0 Å². The monoisotopic (exact) mass is 606 g/mol. The van der Waals surface area contributed by atoms with Gasteiger partial charge in [-0.25, -0.2) is 0 Å². The Morgan fingerprint density at radius 3 is 1.79 bits per heavy atom. The zero-order valence-corrected chi connectivity index (χ0v) is 29.3. The number of aliphatic hydroxyl groups is 1. The Kier molecular flexibility index (Phi) is 10.3. The Morgan fingerprint density at radius 2 is 1.31 bits per heavy atom. The maximum Gasteiger partial charge on any atom is 0.261 e. The van der Waals surface area contributed by atoms with Gasteiger partial charge in [0.05, 0.1) is 12.0 Å². The van der Waals surface area contributed by atoms with Gasteiger partial charge >= 0.3 is 0 Å². The predicted octanol–water partition coefficient (Wildman–Crippen LogP) is 7.55. The van der Waals surface area contributed by atoms with Gasteiger partial charge in [-0.15, -0.1) is 0 Å². The first-order valence-electron chi connectivity index (χ1n) is 16.0. The highest BCUT2D eigenvalue weighted by Gasteiger charge is 2.54. The molecule has 1 N–H and O–H groups in total. The van der Waals surface area contributed by atoms with Gasteiger partial charge in [-0.1, -0.05) is 120 Å². The van der Waals surface area contributed by atoms with Gasteiger partial charge in [-0.05, 0) is 65.6 Å². The molecule has 4 nitrogen and oxygen atoms in total. The first-order valence-corrected chi connectivity index (χ1v) is 20.9. The number of benzene rings is 2. The Morgan fingerprint density at radius 1 is 0.786 bits per heavy atom. The second-order valence-electron chi connectivity index (χ2n) is 15.1. The van der Waals surface area contributed by atoms with Crippen molar-refractivity contribution in [2.24, 2.45) is 5.92 Å². The molecule has 2 aliphatic carbocycles. The summed E-state index contributed by atoms with van der Waals surface area (Å²) in [4.78, 5) is 14.1. The number of aliphatic hydroxyl groups excluding tert-OH is 1. The van der Waals surface area contributed by atoms with Crippen LogP contribution in [0.5, 0.6) is 0 Å². The fourth-order valence-corrected chi connectivity index (χ4v) is 12.6. The van der Waals surface area contributed by atoms with E-state index in [4.69, 9.17) is 8.85 Å². The molecule has 4 atom stereocenters. The summed E-state index contributed by atoms with van der Waals surface area (Å²) in [6, 6.07) is 21.4. The Bertz CT molecular complexity index is 1160. The number of Topliss-reactive ketones (excluding diaryl/α,β-unsaturated/α-hetero) is 1. The third-order valence-electron chi connectivity index (χ3n) is 9.99. The van der Waals surface area contributed by atoms with Crippen molar-refractivity contribution in [2.45, 2.75) is 128 Å². The fourth-order valence-electron chi connectivity index (χ4n) is 6.60. The molecule has 0 amide bonds. The molecular weight excluding hydrogens is 553 g/mol. The van der Waals surface area contributed by atoms with Crippen molar-refractivity contribution in [2.75, 3.05) is 0 Å². The molecule has 0 saturated heterocycles. The topological polar surface area (TPSA) is 55.8 Å². The molecule has 0 radical (unpaired) electrons. The van der Waals surface area contributed by atoms with Gasteiger partial charge in [-0.3, -0.25) is 4.79 Å². The zero-order valence-electron chi connectivity index (χ0n) is 27.3. The normalized spacial score (nSPS) is 23.5. The van der Waals surface area contributed by atoms with Crippen LogP contribution in [0, 0.1) is 5.92 Å². The third-order valence-corrected chi connectivity index (χ3v) is 19.6. The van der Waals surface area contributed by atoms with Crippen LogP contribution in [0.1, 0.15) is 86.5 Å². The van der Waals surface area contributed by atoms with E-state index in [1.54, 1.807) is 0 Å². The Balaban J connectivity index is 1.77. The second kappa shape index (κ2) is 13.0. The smallest absolute Gasteiger partial charge is 0.261 e. The number of hydrogen-bond donors (Lipinski definition) is 1. The van der Waals surface area contributed by atoms with Crippen molar-refractivity contribution >= 4 is 32.8 Å². The first kappa shape index (κ1) is 33.1. The molecule has 42 heavy (non-hydrogen) atoms. The van der Waals surface area contributed by atoms with Gasteiger partial charge in [0.2, 0.25) is 0 Å². The number of carbonyl (C=O) groups excluding carboxylic acids is 1. The molecular formula is C36H54O4Si2. The average Bonchev–Trinajstić information content (AvgIpc) is 2.93. The lowest BCUT2D eigenvalue weighted by Gasteiger charge is -2.48. The highest BCUT2D eigenvalue weighted by Crippen LogP contribution is 2.43. The molecule has 0 heterocycles. The number of allylic oxidation sites excluding steroid dienone is 1. The number of carbonyl (C=O) groups is 1. The minimum absolute atomic E-state index is 0.0305. The molecule has 0 spiro atoms. The molecule has 4 rings (SSSR count). The fraction of sp³-hybridized carbons (Fsp3) is 0.583. The van der Waals surface area contributed by atoms with Crippen molar-refractivity contribution in [3.63, 3.8) is 0 Å². The van der Waals surface area contributed by atoms with Gasteiger partial charge in [-0.2, -0.15) is 0 Å². The summed E-state index contributed by atoms with van der Waals surface area (Å²) in [5, 5.41) is 13.8. The van der Waals surface area contributed by atoms with Gasteiger partial charge in [0, 0.05) is 12.5 Å². The van der Waals surface area contributed by atoms with Crippen molar-refractivity contribution in [3.05, 3.63) is 72.3 Å². The summed E-state index contributed by atoms with van der Waals surface area (Å²) in [5.74, 6) is -0.492. The molecule has 0 bridgehead atoms. The van der Waals surface area contributed by atoms with Crippen molar-refractivity contribution in [3.8, 4) is 0 Å². The molecule has 0 aromatic heterocycles. The van der Waals surface area contributed by atoms with Crippen LogP contribution in [0.3, 0.4) is 0 Å². The van der Waals surface area contributed by atoms with Crippen molar-refractivity contribution in [1.82, 2.24) is 0 Å². The standard InChI is InChI=1S/C36H54O4Si2/c1-35(2,3)41(7,8)40-33-26-28(25-31(34(33)38)32(37)24-27-18-12-9-13-19-27)39-42(36(4,5)6,29-20-14-10-15-21-29)30-22-16-11-17-23-30/h10-11,14-17,20-24,28,31-33,37H,9,12-13,18-19,25-26H2,1-8H3. The lowest BCUT2D eigenvalue weighted by atomic mass is 9.79. The number of hydrogen-bond acceptors (Lipinski definition) is 4. The van der Waals surface area contributed by atoms with Crippen LogP contribution >= 0.6 is 0 Å². The van der Waals surface area contributed by atoms with E-state index in [-0.39, 0.29) is 22.0 Å². The van der Waals surface area contributed by atoms with Gasteiger partial charge < -0.3 is 14.0 Å². The van der Waals surface area contributed by atoms with Crippen molar-refractivity contribution in [1.29, 1.82) is 0 Å². The summed E-state index contributed by atoms with van der Waals surface area (Å²) in [6.45, 7) is 17.9. The van der Waals surface area contributed by atoms with Crippen LogP contribution in [0.2, 0.25) is 23.2 Å². The largest absolute Gasteiger partial charge is 0.407 e. The Labute approximate surface area is 257 Å². The van der Waals surface area contributed by atoms with Gasteiger partial charge in [0.1, 0.15) is 6.10 Å². The van der Waals surface area contributed by atoms with E-state index in [9.17, 15) is 9.90 Å². The average molecular weight is 607 g/mol. The predicted molar refractivity (Wildman–Crippen MR) is 179 cm³/mol. The third kappa shape index (κ3) is 7.10. The van der Waals surface area contributed by atoms with Crippen LogP contribution in [-0.4, -0.2) is 45.8 Å². The molecule has 4 unspecified atom stereocenters. The summed E-state index contributed by atoms with van der Waals surface area (Å²) < 4.78 is 14.4. The summed E-state index contributed by atoms with van der Waals surface area (Å²) in [5.41, 5.74) is 1.29. The van der Waals surface area contributed by atoms with Crippen LogP contribution in [0.25, 0.3) is 0 Å². The van der Waals surface area contributed by atoms with Crippen LogP contribution in [0.4, 0.5) is 0 Å². The minimum Gasteiger partial charge on any atom is -0.407 e. The lowest BCUT2D eigenvalue weighted by molar-refractivity contribution is -0.140. The number of rotatable bonds is 8. The first-order chi connectivity index (χ1) is 19.7. The molecule has 2 saturated carbocycles. The van der Waals surface area contributed by atoms with Crippen LogP contribution in [0.15, 0.2) is 72.3 Å². The summed E-state index contributed by atoms with van der Waals surface area (Å²) in [6.07, 6.45) is 7.02. The highest BCUT2D eigenvalue weighted by molar-refractivity contribution is 6.99. The molecule has 230 valence electrons. The van der Waals surface area contributed by atoms with E-state index < -0.39 is 34.8 Å². The zero-order chi connectivity index (χ0) is 30.8. The van der Waals surface area contributed by atoms with E-state index in [0.29, 0.717) is 12.8 Å². The minimum atomic E-state index is -2.84.